The van der Waals surface area contributed by atoms with Crippen LogP contribution in [0, 0.1) is 12.1 Å². The molecule has 1 N–H and O–H groups in total. The predicted octanol–water partition coefficient (Wildman–Crippen LogP) is 3.83. The lowest BCUT2D eigenvalue weighted by atomic mass is 9.99. The molecule has 0 radical (unpaired) electrons. The van der Waals surface area contributed by atoms with Crippen molar-refractivity contribution in [1.29, 1.82) is 0 Å². The number of aryl methyl sites for hydroxylation is 3. The summed E-state index contributed by atoms with van der Waals surface area (Å²) in [6.45, 7) is 2.44. The van der Waals surface area contributed by atoms with Crippen molar-refractivity contribution in [1.82, 2.24) is 4.47 Å². The van der Waals surface area contributed by atoms with Gasteiger partial charge >= 0.3 is 16.2 Å². The minimum Gasteiger partial charge on any atom is -0.740 e. The van der Waals surface area contributed by atoms with E-state index < -0.39 is 26.8 Å². The summed E-state index contributed by atoms with van der Waals surface area (Å²) < 4.78 is 38.1. The molecule has 10 heteroatoms. The fraction of sp³-hybridized carbons (Fsp3) is 0.522. The second-order valence-corrected chi connectivity index (χ2v) is 10.6. The molecule has 2 heterocycles. The summed E-state index contributed by atoms with van der Waals surface area (Å²) in [6, 6.07) is 2.06. The maximum Gasteiger partial charge on any atom is 0.326 e. The number of benzene rings is 1. The van der Waals surface area contributed by atoms with Crippen LogP contribution >= 0.6 is 0 Å². The average molecular weight is 475 g/mol. The Morgan fingerprint density at radius 2 is 1.70 bits per heavy atom. The van der Waals surface area contributed by atoms with Crippen LogP contribution in [0.25, 0.3) is 0 Å². The third-order valence-electron chi connectivity index (χ3n) is 6.82. The van der Waals surface area contributed by atoms with E-state index in [1.54, 1.807) is 13.0 Å². The van der Waals surface area contributed by atoms with Gasteiger partial charge in [0.05, 0.1) is 11.7 Å². The normalized spacial score (nSPS) is 18.1. The molecular formula is C23H28N3O6S-. The lowest BCUT2D eigenvalue weighted by Gasteiger charge is -2.39. The number of nitrogens with zero attached hydrogens (tertiary/aromatic N) is 2. The Morgan fingerprint density at radius 1 is 1.06 bits per heavy atom. The zero-order valence-corrected chi connectivity index (χ0v) is 19.4. The molecule has 1 aliphatic heterocycles. The zero-order chi connectivity index (χ0) is 23.2. The third kappa shape index (κ3) is 4.00. The molecule has 0 unspecified atom stereocenters. The SMILES string of the molecule is Cc1cc(N(C2CCOCC2)S(=O)(=O)N([O-])C(=O)Nc2c3c(cc4c2CCC4)CCC3)co1. The van der Waals surface area contributed by atoms with Crippen LogP contribution in [0.1, 0.15) is 53.7 Å². The van der Waals surface area contributed by atoms with Gasteiger partial charge < -0.3 is 19.7 Å². The van der Waals surface area contributed by atoms with Gasteiger partial charge in [-0.15, -0.1) is 0 Å². The second kappa shape index (κ2) is 8.66. The van der Waals surface area contributed by atoms with E-state index in [0.717, 1.165) is 54.0 Å². The Balaban J connectivity index is 1.45. The van der Waals surface area contributed by atoms with Crippen molar-refractivity contribution < 1.29 is 22.4 Å². The highest BCUT2D eigenvalue weighted by molar-refractivity contribution is 7.91. The number of hydroxylamine groups is 1. The molecular weight excluding hydrogens is 446 g/mol. The molecule has 33 heavy (non-hydrogen) atoms. The smallest absolute Gasteiger partial charge is 0.326 e. The Morgan fingerprint density at radius 3 is 2.27 bits per heavy atom. The van der Waals surface area contributed by atoms with Gasteiger partial charge in [0.15, 0.2) is 0 Å². The number of ether oxygens (including phenoxy) is 1. The number of nitrogens with one attached hydrogen (secondary N) is 1. The third-order valence-corrected chi connectivity index (χ3v) is 8.41. The second-order valence-electron chi connectivity index (χ2n) is 8.95. The van der Waals surface area contributed by atoms with E-state index in [9.17, 15) is 18.4 Å². The topological polar surface area (TPSA) is 115 Å². The minimum atomic E-state index is -4.70. The first-order valence-electron chi connectivity index (χ1n) is 11.5. The van der Waals surface area contributed by atoms with E-state index in [4.69, 9.17) is 9.15 Å². The maximum absolute atomic E-state index is 13.4. The van der Waals surface area contributed by atoms with E-state index in [2.05, 4.69) is 11.4 Å². The summed E-state index contributed by atoms with van der Waals surface area (Å²) in [7, 11) is -4.70. The number of carbonyl (C=O) groups is 1. The van der Waals surface area contributed by atoms with Crippen LogP contribution in [0.15, 0.2) is 22.8 Å². The van der Waals surface area contributed by atoms with Crippen molar-refractivity contribution in [2.75, 3.05) is 22.8 Å². The van der Waals surface area contributed by atoms with Gasteiger partial charge in [0, 0.05) is 25.0 Å². The van der Waals surface area contributed by atoms with E-state index >= 15 is 0 Å². The van der Waals surface area contributed by atoms with Gasteiger partial charge in [-0.25, -0.2) is 9.10 Å². The van der Waals surface area contributed by atoms with Crippen molar-refractivity contribution in [2.45, 2.75) is 64.3 Å². The Hall–Kier alpha value is -2.56. The van der Waals surface area contributed by atoms with Gasteiger partial charge in [-0.3, -0.25) is 4.47 Å². The number of carbonyl (C=O) groups excluding carboxylic acids is 1. The molecule has 2 aliphatic carbocycles. The first-order valence-corrected chi connectivity index (χ1v) is 12.9. The largest absolute Gasteiger partial charge is 0.740 e. The van der Waals surface area contributed by atoms with Crippen LogP contribution in [0.5, 0.6) is 0 Å². The summed E-state index contributed by atoms with van der Waals surface area (Å²) in [5.74, 6) is 0.509. The fourth-order valence-electron chi connectivity index (χ4n) is 5.30. The average Bonchev–Trinajstić information content (AvgIpc) is 3.55. The van der Waals surface area contributed by atoms with Gasteiger partial charge in [-0.05, 0) is 80.5 Å². The number of hydrogen-bond acceptors (Lipinski definition) is 6. The number of urea groups is 1. The number of anilines is 2. The lowest BCUT2D eigenvalue weighted by Crippen LogP contribution is -2.51. The summed E-state index contributed by atoms with van der Waals surface area (Å²) in [6.07, 6.45) is 7.58. The fourth-order valence-corrected chi connectivity index (χ4v) is 6.67. The first kappa shape index (κ1) is 22.2. The van der Waals surface area contributed by atoms with E-state index in [1.165, 1.54) is 17.4 Å². The van der Waals surface area contributed by atoms with Crippen LogP contribution in [0.4, 0.5) is 16.2 Å². The molecule has 1 fully saturated rings. The highest BCUT2D eigenvalue weighted by atomic mass is 32.2. The number of amides is 2. The van der Waals surface area contributed by atoms with Gasteiger partial charge in [0.25, 0.3) is 0 Å². The lowest BCUT2D eigenvalue weighted by molar-refractivity contribution is 0.0874. The quantitative estimate of drug-likeness (QED) is 0.659. The molecule has 1 aromatic carbocycles. The van der Waals surface area contributed by atoms with Crippen LogP contribution in [-0.2, 0) is 40.6 Å². The summed E-state index contributed by atoms with van der Waals surface area (Å²) in [5.41, 5.74) is 5.29. The molecule has 0 saturated carbocycles. The molecule has 2 aromatic rings. The number of fused-ring (bicyclic) bond motifs is 2. The molecule has 0 atom stereocenters. The van der Waals surface area contributed by atoms with Gasteiger partial charge in [-0.1, -0.05) is 6.07 Å². The van der Waals surface area contributed by atoms with Crippen molar-refractivity contribution in [3.8, 4) is 0 Å². The van der Waals surface area contributed by atoms with Crippen LogP contribution in [-0.4, -0.2) is 38.2 Å². The summed E-state index contributed by atoms with van der Waals surface area (Å²) in [4.78, 5) is 13.0. The standard InChI is InChI=1S/C23H28N3O6S/c1-15-12-19(14-32-15)25(18-8-10-31-11-9-18)33(29,30)26(28)23(27)24-22-20-6-2-4-16(20)13-17-5-3-7-21(17)22/h12-14,18H,2-11H2,1H3,(H,24,27)/q-1. The summed E-state index contributed by atoms with van der Waals surface area (Å²) in [5, 5.41) is 15.7. The Bertz CT molecular complexity index is 1140. The molecule has 0 spiro atoms. The van der Waals surface area contributed by atoms with Gasteiger partial charge in [0.2, 0.25) is 0 Å². The van der Waals surface area contributed by atoms with Gasteiger partial charge in [-0.2, -0.15) is 8.42 Å². The minimum absolute atomic E-state index is 0.231. The number of rotatable bonds is 5. The van der Waals surface area contributed by atoms with Crippen molar-refractivity contribution >= 4 is 27.6 Å². The summed E-state index contributed by atoms with van der Waals surface area (Å²) >= 11 is 0. The molecule has 9 nitrogen and oxygen atoms in total. The van der Waals surface area contributed by atoms with Crippen molar-refractivity contribution in [2.24, 2.45) is 0 Å². The molecule has 178 valence electrons. The van der Waals surface area contributed by atoms with Gasteiger partial charge in [0.1, 0.15) is 12.0 Å². The zero-order valence-electron chi connectivity index (χ0n) is 18.6. The van der Waals surface area contributed by atoms with Crippen molar-refractivity contribution in [3.05, 3.63) is 51.6 Å². The highest BCUT2D eigenvalue weighted by Crippen LogP contribution is 2.39. The van der Waals surface area contributed by atoms with Crippen LogP contribution in [0.3, 0.4) is 0 Å². The van der Waals surface area contributed by atoms with E-state index in [1.807, 2.05) is 0 Å². The molecule has 5 rings (SSSR count). The molecule has 0 bridgehead atoms. The Kier molecular flexibility index (Phi) is 5.84. The number of hydrogen-bond donors (Lipinski definition) is 1. The monoisotopic (exact) mass is 474 g/mol. The van der Waals surface area contributed by atoms with E-state index in [-0.39, 0.29) is 5.69 Å². The highest BCUT2D eigenvalue weighted by Gasteiger charge is 2.36. The molecule has 3 aliphatic rings. The molecule has 1 aromatic heterocycles. The maximum atomic E-state index is 13.4. The number of furan rings is 1. The predicted molar refractivity (Wildman–Crippen MR) is 123 cm³/mol. The first-order chi connectivity index (χ1) is 15.9. The van der Waals surface area contributed by atoms with Crippen LogP contribution < -0.4 is 9.62 Å². The Labute approximate surface area is 193 Å². The molecule has 2 amide bonds. The molecule has 1 saturated heterocycles. The van der Waals surface area contributed by atoms with Crippen molar-refractivity contribution in [3.63, 3.8) is 0 Å². The van der Waals surface area contributed by atoms with E-state index in [0.29, 0.717) is 37.5 Å². The van der Waals surface area contributed by atoms with Crippen LogP contribution in [0.2, 0.25) is 0 Å².